The summed E-state index contributed by atoms with van der Waals surface area (Å²) in [6.07, 6.45) is 0. The Hall–Kier alpha value is -1.22. The van der Waals surface area contributed by atoms with Crippen LogP contribution in [0.5, 0.6) is 0 Å². The molecule has 0 N–H and O–H groups in total. The van der Waals surface area contributed by atoms with E-state index in [1.165, 1.54) is 30.3 Å². The molecule has 1 aromatic carbocycles. The van der Waals surface area contributed by atoms with Gasteiger partial charge in [0.25, 0.3) is 10.1 Å². The molecule has 2 rings (SSSR count). The van der Waals surface area contributed by atoms with E-state index in [0.717, 1.165) is 11.3 Å². The molecular formula is C12H12O5S3. The predicted octanol–water partition coefficient (Wildman–Crippen LogP) is 2.31. The lowest BCUT2D eigenvalue weighted by Crippen LogP contribution is -2.06. The van der Waals surface area contributed by atoms with Crippen LogP contribution in [0.3, 0.4) is 0 Å². The quantitative estimate of drug-likeness (QED) is 0.785. The van der Waals surface area contributed by atoms with Crippen LogP contribution in [0.25, 0.3) is 0 Å². The van der Waals surface area contributed by atoms with E-state index < -0.39 is 20.0 Å². The van der Waals surface area contributed by atoms with Crippen molar-refractivity contribution in [3.8, 4) is 0 Å². The fourth-order valence-electron chi connectivity index (χ4n) is 1.54. The van der Waals surface area contributed by atoms with Gasteiger partial charge in [0.05, 0.1) is 16.4 Å². The molecular weight excluding hydrogens is 320 g/mol. The third kappa shape index (κ3) is 2.93. The van der Waals surface area contributed by atoms with E-state index in [4.69, 9.17) is 0 Å². The molecule has 0 amide bonds. The summed E-state index contributed by atoms with van der Waals surface area (Å²) >= 11 is 1.11. The zero-order valence-electron chi connectivity index (χ0n) is 10.5. The first-order chi connectivity index (χ1) is 9.38. The molecule has 0 saturated heterocycles. The van der Waals surface area contributed by atoms with Gasteiger partial charge in [-0.25, -0.2) is 8.42 Å². The lowest BCUT2D eigenvalue weighted by atomic mass is 10.4. The summed E-state index contributed by atoms with van der Waals surface area (Å²) in [5, 5.41) is 1.67. The van der Waals surface area contributed by atoms with Crippen LogP contribution in [-0.2, 0) is 24.1 Å². The summed E-state index contributed by atoms with van der Waals surface area (Å²) in [5.74, 6) is 0. The first-order valence-corrected chi connectivity index (χ1v) is 9.43. The number of thiophene rings is 1. The maximum absolute atomic E-state index is 12.2. The van der Waals surface area contributed by atoms with Crippen LogP contribution in [0.1, 0.15) is 6.92 Å². The monoisotopic (exact) mass is 332 g/mol. The predicted molar refractivity (Wildman–Crippen MR) is 75.0 cm³/mol. The van der Waals surface area contributed by atoms with Crippen molar-refractivity contribution in [1.82, 2.24) is 0 Å². The molecule has 0 radical (unpaired) electrons. The van der Waals surface area contributed by atoms with Gasteiger partial charge < -0.3 is 0 Å². The van der Waals surface area contributed by atoms with Crippen molar-refractivity contribution in [3.63, 3.8) is 0 Å². The minimum atomic E-state index is -3.82. The molecule has 0 spiro atoms. The van der Waals surface area contributed by atoms with E-state index in [2.05, 4.69) is 4.18 Å². The highest BCUT2D eigenvalue weighted by atomic mass is 32.2. The fraction of sp³-hybridized carbons (Fsp3) is 0.167. The molecule has 5 nitrogen and oxygen atoms in total. The SMILES string of the molecule is CCOS(=O)(=O)c1ccc(S(=O)(=O)c2cccs2)cc1. The normalized spacial score (nSPS) is 12.4. The third-order valence-electron chi connectivity index (χ3n) is 2.46. The van der Waals surface area contributed by atoms with Gasteiger partial charge >= 0.3 is 0 Å². The molecule has 0 aliphatic carbocycles. The Morgan fingerprint density at radius 1 is 1.00 bits per heavy atom. The fourth-order valence-corrected chi connectivity index (χ4v) is 4.85. The largest absolute Gasteiger partial charge is 0.296 e. The Balaban J connectivity index is 2.39. The van der Waals surface area contributed by atoms with Gasteiger partial charge in [0, 0.05) is 0 Å². The van der Waals surface area contributed by atoms with Crippen LogP contribution < -0.4 is 0 Å². The van der Waals surface area contributed by atoms with Crippen molar-refractivity contribution < 1.29 is 21.0 Å². The molecule has 8 heteroatoms. The van der Waals surface area contributed by atoms with E-state index >= 15 is 0 Å². The van der Waals surface area contributed by atoms with Gasteiger partial charge in [0.2, 0.25) is 9.84 Å². The molecule has 1 aromatic heterocycles. The van der Waals surface area contributed by atoms with E-state index in [1.54, 1.807) is 18.4 Å². The van der Waals surface area contributed by atoms with E-state index in [-0.39, 0.29) is 20.6 Å². The standard InChI is InChI=1S/C12H12O5S3/c1-2-17-20(15,16)11-7-5-10(6-8-11)19(13,14)12-4-3-9-18-12/h3-9H,2H2,1H3. The van der Waals surface area contributed by atoms with E-state index in [0.29, 0.717) is 0 Å². The molecule has 2 aromatic rings. The van der Waals surface area contributed by atoms with Crippen LogP contribution in [0.2, 0.25) is 0 Å². The zero-order chi connectivity index (χ0) is 14.8. The maximum Gasteiger partial charge on any atom is 0.296 e. The number of hydrogen-bond donors (Lipinski definition) is 0. The van der Waals surface area contributed by atoms with Crippen molar-refractivity contribution in [2.45, 2.75) is 20.9 Å². The molecule has 0 atom stereocenters. The average molecular weight is 332 g/mol. The molecule has 0 bridgehead atoms. The number of rotatable bonds is 5. The first-order valence-electron chi connectivity index (χ1n) is 5.66. The minimum absolute atomic E-state index is 0.0254. The van der Waals surface area contributed by atoms with Gasteiger partial charge in [-0.05, 0) is 42.6 Å². The lowest BCUT2D eigenvalue weighted by Gasteiger charge is -2.05. The molecule has 1 heterocycles. The maximum atomic E-state index is 12.2. The van der Waals surface area contributed by atoms with Crippen LogP contribution in [0, 0.1) is 0 Å². The van der Waals surface area contributed by atoms with Crippen LogP contribution in [0.4, 0.5) is 0 Å². The van der Waals surface area contributed by atoms with E-state index in [9.17, 15) is 16.8 Å². The molecule has 20 heavy (non-hydrogen) atoms. The lowest BCUT2D eigenvalue weighted by molar-refractivity contribution is 0.338. The van der Waals surface area contributed by atoms with Gasteiger partial charge in [-0.1, -0.05) is 6.07 Å². The second-order valence-electron chi connectivity index (χ2n) is 3.77. The highest BCUT2D eigenvalue weighted by Gasteiger charge is 2.20. The van der Waals surface area contributed by atoms with Gasteiger partial charge in [0.15, 0.2) is 0 Å². The van der Waals surface area contributed by atoms with Crippen molar-refractivity contribution in [3.05, 3.63) is 41.8 Å². The molecule has 108 valence electrons. The van der Waals surface area contributed by atoms with Crippen molar-refractivity contribution in [2.24, 2.45) is 0 Å². The average Bonchev–Trinajstić information content (AvgIpc) is 2.93. The summed E-state index contributed by atoms with van der Waals surface area (Å²) in [5.41, 5.74) is 0. The Labute approximate surface area is 121 Å². The van der Waals surface area contributed by atoms with Crippen molar-refractivity contribution in [2.75, 3.05) is 6.61 Å². The Bertz CT molecular complexity index is 772. The Morgan fingerprint density at radius 3 is 2.10 bits per heavy atom. The van der Waals surface area contributed by atoms with Crippen molar-refractivity contribution in [1.29, 1.82) is 0 Å². The highest BCUT2D eigenvalue weighted by Crippen LogP contribution is 2.25. The van der Waals surface area contributed by atoms with Crippen LogP contribution in [-0.4, -0.2) is 23.4 Å². The number of hydrogen-bond acceptors (Lipinski definition) is 6. The molecule has 0 aliphatic heterocycles. The smallest absolute Gasteiger partial charge is 0.267 e. The molecule has 0 fully saturated rings. The third-order valence-corrected chi connectivity index (χ3v) is 7.02. The Kier molecular flexibility index (Phi) is 4.28. The van der Waals surface area contributed by atoms with Gasteiger partial charge in [-0.2, -0.15) is 8.42 Å². The molecule has 0 aliphatic rings. The summed E-state index contributed by atoms with van der Waals surface area (Å²) < 4.78 is 52.6. The highest BCUT2D eigenvalue weighted by molar-refractivity contribution is 7.93. The Morgan fingerprint density at radius 2 is 1.60 bits per heavy atom. The van der Waals surface area contributed by atoms with E-state index in [1.807, 2.05) is 0 Å². The summed E-state index contributed by atoms with van der Waals surface area (Å²) in [6.45, 7) is 1.59. The minimum Gasteiger partial charge on any atom is -0.267 e. The summed E-state index contributed by atoms with van der Waals surface area (Å²) in [4.78, 5) is -0.0140. The molecule has 0 unspecified atom stereocenters. The summed E-state index contributed by atoms with van der Waals surface area (Å²) in [7, 11) is -7.41. The number of sulfone groups is 1. The second kappa shape index (κ2) is 5.65. The van der Waals surface area contributed by atoms with Gasteiger partial charge in [-0.15, -0.1) is 11.3 Å². The van der Waals surface area contributed by atoms with Crippen LogP contribution >= 0.6 is 11.3 Å². The topological polar surface area (TPSA) is 77.5 Å². The summed E-state index contributed by atoms with van der Waals surface area (Å²) in [6, 6.07) is 8.13. The van der Waals surface area contributed by atoms with Gasteiger partial charge in [0.1, 0.15) is 4.21 Å². The van der Waals surface area contributed by atoms with Gasteiger partial charge in [-0.3, -0.25) is 4.18 Å². The zero-order valence-corrected chi connectivity index (χ0v) is 13.0. The molecule has 0 saturated carbocycles. The first kappa shape index (κ1) is 15.2. The second-order valence-corrected chi connectivity index (χ2v) is 8.51. The number of benzene rings is 1. The van der Waals surface area contributed by atoms with Crippen molar-refractivity contribution >= 4 is 31.3 Å². The van der Waals surface area contributed by atoms with Crippen LogP contribution in [0.15, 0.2) is 55.8 Å².